The predicted octanol–water partition coefficient (Wildman–Crippen LogP) is 1.17. The number of hydrogen-bond donors (Lipinski definition) is 0. The van der Waals surface area contributed by atoms with Gasteiger partial charge in [0.05, 0.1) is 19.4 Å². The molecule has 0 saturated carbocycles. The maximum atomic E-state index is 13.0. The smallest absolute Gasteiger partial charge is 0.227 e. The lowest BCUT2D eigenvalue weighted by molar-refractivity contribution is 0.122. The van der Waals surface area contributed by atoms with Crippen molar-refractivity contribution in [3.8, 4) is 0 Å². The van der Waals surface area contributed by atoms with E-state index in [9.17, 15) is 4.39 Å². The molecule has 7 nitrogen and oxygen atoms in total. The second-order valence-electron chi connectivity index (χ2n) is 6.12. The van der Waals surface area contributed by atoms with E-state index in [-0.39, 0.29) is 5.82 Å². The highest BCUT2D eigenvalue weighted by Gasteiger charge is 2.21. The lowest BCUT2D eigenvalue weighted by Gasteiger charge is -2.36. The second kappa shape index (κ2) is 7.18. The molecule has 2 aliphatic heterocycles. The molecule has 25 heavy (non-hydrogen) atoms. The molecule has 0 N–H and O–H groups in total. The number of aromatic nitrogens is 3. The van der Waals surface area contributed by atoms with Gasteiger partial charge in [-0.25, -0.2) is 14.4 Å². The largest absolute Gasteiger partial charge is 0.378 e. The first-order valence-corrected chi connectivity index (χ1v) is 8.57. The highest BCUT2D eigenvalue weighted by molar-refractivity contribution is 5.46. The minimum Gasteiger partial charge on any atom is -0.378 e. The van der Waals surface area contributed by atoms with E-state index in [4.69, 9.17) is 9.72 Å². The number of ether oxygens (including phenoxy) is 1. The molecule has 0 aromatic carbocycles. The molecule has 2 aliphatic rings. The van der Waals surface area contributed by atoms with Crippen LogP contribution in [0.4, 0.5) is 22.0 Å². The maximum Gasteiger partial charge on any atom is 0.227 e. The summed E-state index contributed by atoms with van der Waals surface area (Å²) in [6.45, 7) is 6.44. The Hall–Kier alpha value is -2.48. The number of hydrogen-bond acceptors (Lipinski definition) is 7. The molecule has 0 atom stereocenters. The highest BCUT2D eigenvalue weighted by Crippen LogP contribution is 2.19. The SMILES string of the molecule is Fc1ccc(N2CCN(c3nccc(N4CCOCC4)n3)CC2)nc1. The van der Waals surface area contributed by atoms with Gasteiger partial charge in [0.1, 0.15) is 17.5 Å². The van der Waals surface area contributed by atoms with Crippen molar-refractivity contribution in [3.63, 3.8) is 0 Å². The molecule has 2 aromatic rings. The molecule has 0 unspecified atom stereocenters. The Morgan fingerprint density at radius 2 is 1.52 bits per heavy atom. The van der Waals surface area contributed by atoms with E-state index in [1.165, 1.54) is 12.3 Å². The van der Waals surface area contributed by atoms with Crippen LogP contribution in [-0.4, -0.2) is 67.4 Å². The van der Waals surface area contributed by atoms with E-state index in [0.717, 1.165) is 70.1 Å². The number of piperazine rings is 1. The Labute approximate surface area is 146 Å². The third-order valence-corrected chi connectivity index (χ3v) is 4.56. The zero-order chi connectivity index (χ0) is 17.1. The van der Waals surface area contributed by atoms with E-state index in [0.29, 0.717) is 0 Å². The van der Waals surface area contributed by atoms with Crippen LogP contribution in [0.2, 0.25) is 0 Å². The quantitative estimate of drug-likeness (QED) is 0.828. The molecule has 2 fully saturated rings. The van der Waals surface area contributed by atoms with Gasteiger partial charge in [0, 0.05) is 45.5 Å². The topological polar surface area (TPSA) is 57.6 Å². The van der Waals surface area contributed by atoms with Crippen molar-refractivity contribution in [2.45, 2.75) is 0 Å². The monoisotopic (exact) mass is 344 g/mol. The van der Waals surface area contributed by atoms with Crippen LogP contribution in [0.1, 0.15) is 0 Å². The fourth-order valence-electron chi connectivity index (χ4n) is 3.15. The molecule has 8 heteroatoms. The van der Waals surface area contributed by atoms with E-state index in [1.54, 1.807) is 6.07 Å². The number of halogens is 1. The Morgan fingerprint density at radius 1 is 0.800 bits per heavy atom. The molecule has 0 radical (unpaired) electrons. The summed E-state index contributed by atoms with van der Waals surface area (Å²) in [4.78, 5) is 19.9. The van der Waals surface area contributed by atoms with Crippen molar-refractivity contribution in [2.24, 2.45) is 0 Å². The molecule has 4 rings (SSSR count). The third-order valence-electron chi connectivity index (χ3n) is 4.56. The summed E-state index contributed by atoms with van der Waals surface area (Å²) in [5.41, 5.74) is 0. The number of anilines is 3. The van der Waals surface area contributed by atoms with Crippen LogP contribution in [0.25, 0.3) is 0 Å². The highest BCUT2D eigenvalue weighted by atomic mass is 19.1. The van der Waals surface area contributed by atoms with Crippen LogP contribution < -0.4 is 14.7 Å². The van der Waals surface area contributed by atoms with Crippen LogP contribution in [0.5, 0.6) is 0 Å². The number of morpholine rings is 1. The molecule has 0 aliphatic carbocycles. The molecule has 2 saturated heterocycles. The average molecular weight is 344 g/mol. The first-order chi connectivity index (χ1) is 12.3. The molecule has 4 heterocycles. The average Bonchev–Trinajstić information content (AvgIpc) is 2.70. The molecule has 0 spiro atoms. The summed E-state index contributed by atoms with van der Waals surface area (Å²) in [5, 5.41) is 0. The van der Waals surface area contributed by atoms with Gasteiger partial charge >= 0.3 is 0 Å². The zero-order valence-electron chi connectivity index (χ0n) is 14.0. The van der Waals surface area contributed by atoms with Gasteiger partial charge in [-0.1, -0.05) is 0 Å². The standard InChI is InChI=1S/C17H21FN6O/c18-14-1-2-15(20-13-14)22-5-7-24(8-6-22)17-19-4-3-16(21-17)23-9-11-25-12-10-23/h1-4,13H,5-12H2. The predicted molar refractivity (Wildman–Crippen MR) is 93.7 cm³/mol. The minimum atomic E-state index is -0.310. The van der Waals surface area contributed by atoms with Crippen molar-refractivity contribution in [3.05, 3.63) is 36.4 Å². The van der Waals surface area contributed by atoms with Gasteiger partial charge in [0.2, 0.25) is 5.95 Å². The first-order valence-electron chi connectivity index (χ1n) is 8.57. The van der Waals surface area contributed by atoms with Crippen molar-refractivity contribution >= 4 is 17.6 Å². The third kappa shape index (κ3) is 3.63. The molecule has 0 amide bonds. The van der Waals surface area contributed by atoms with Gasteiger partial charge in [0.15, 0.2) is 0 Å². The molecular weight excluding hydrogens is 323 g/mol. The number of pyridine rings is 1. The first kappa shape index (κ1) is 16.0. The van der Waals surface area contributed by atoms with Crippen molar-refractivity contribution in [1.29, 1.82) is 0 Å². The van der Waals surface area contributed by atoms with Gasteiger partial charge < -0.3 is 19.4 Å². The van der Waals surface area contributed by atoms with Crippen molar-refractivity contribution in [1.82, 2.24) is 15.0 Å². The minimum absolute atomic E-state index is 0.310. The summed E-state index contributed by atoms with van der Waals surface area (Å²) < 4.78 is 18.4. The van der Waals surface area contributed by atoms with Gasteiger partial charge in [-0.2, -0.15) is 4.98 Å². The van der Waals surface area contributed by atoms with Crippen molar-refractivity contribution in [2.75, 3.05) is 67.2 Å². The van der Waals surface area contributed by atoms with E-state index < -0.39 is 0 Å². The second-order valence-corrected chi connectivity index (χ2v) is 6.12. The molecule has 0 bridgehead atoms. The van der Waals surface area contributed by atoms with Crippen LogP contribution in [-0.2, 0) is 4.74 Å². The lowest BCUT2D eigenvalue weighted by Crippen LogP contribution is -2.47. The van der Waals surface area contributed by atoms with Crippen LogP contribution in [0, 0.1) is 5.82 Å². The summed E-state index contributed by atoms with van der Waals surface area (Å²) in [6, 6.07) is 5.12. The van der Waals surface area contributed by atoms with E-state index in [1.807, 2.05) is 12.3 Å². The maximum absolute atomic E-state index is 13.0. The van der Waals surface area contributed by atoms with Crippen LogP contribution >= 0.6 is 0 Å². The Bertz CT molecular complexity index is 699. The van der Waals surface area contributed by atoms with Gasteiger partial charge in [-0.15, -0.1) is 0 Å². The van der Waals surface area contributed by atoms with Gasteiger partial charge in [-0.3, -0.25) is 0 Å². The summed E-state index contributed by atoms with van der Waals surface area (Å²) in [6.07, 6.45) is 3.08. The fraction of sp³-hybridized carbons (Fsp3) is 0.471. The summed E-state index contributed by atoms with van der Waals surface area (Å²) in [7, 11) is 0. The van der Waals surface area contributed by atoms with E-state index in [2.05, 4.69) is 24.7 Å². The van der Waals surface area contributed by atoms with Crippen LogP contribution in [0.15, 0.2) is 30.6 Å². The Kier molecular flexibility index (Phi) is 4.60. The zero-order valence-corrected chi connectivity index (χ0v) is 14.0. The fourth-order valence-corrected chi connectivity index (χ4v) is 3.15. The summed E-state index contributed by atoms with van der Waals surface area (Å²) in [5.74, 6) is 2.21. The van der Waals surface area contributed by atoms with Gasteiger partial charge in [0.25, 0.3) is 0 Å². The number of nitrogens with zero attached hydrogens (tertiary/aromatic N) is 6. The molecule has 132 valence electrons. The van der Waals surface area contributed by atoms with E-state index >= 15 is 0 Å². The van der Waals surface area contributed by atoms with Gasteiger partial charge in [-0.05, 0) is 18.2 Å². The van der Waals surface area contributed by atoms with Crippen LogP contribution in [0.3, 0.4) is 0 Å². The Morgan fingerprint density at radius 3 is 2.24 bits per heavy atom. The molecular formula is C17H21FN6O. The summed E-state index contributed by atoms with van der Waals surface area (Å²) >= 11 is 0. The molecule has 2 aromatic heterocycles. The normalized spacial score (nSPS) is 18.5. The number of rotatable bonds is 3. The lowest BCUT2D eigenvalue weighted by atomic mass is 10.3. The van der Waals surface area contributed by atoms with Crippen molar-refractivity contribution < 1.29 is 9.13 Å². The Balaban J connectivity index is 1.41.